The number of primary amides is 1. The van der Waals surface area contributed by atoms with Crippen LogP contribution in [-0.4, -0.2) is 11.8 Å². The van der Waals surface area contributed by atoms with Gasteiger partial charge in [0.1, 0.15) is 5.54 Å². The topological polar surface area (TPSA) is 72.2 Å². The van der Waals surface area contributed by atoms with Crippen LogP contribution in [0.4, 0.5) is 0 Å². The molecule has 114 valence electrons. The van der Waals surface area contributed by atoms with Gasteiger partial charge >= 0.3 is 0 Å². The van der Waals surface area contributed by atoms with Gasteiger partial charge in [-0.05, 0) is 24.1 Å². The first-order valence-electron chi connectivity index (χ1n) is 7.33. The Bertz CT molecular complexity index is 641. The minimum Gasteiger partial charge on any atom is -0.367 e. The van der Waals surface area contributed by atoms with E-state index in [1.807, 2.05) is 43.3 Å². The van der Waals surface area contributed by atoms with Crippen molar-refractivity contribution in [3.05, 3.63) is 71.8 Å². The van der Waals surface area contributed by atoms with Gasteiger partial charge in [0.2, 0.25) is 5.91 Å². The van der Waals surface area contributed by atoms with Gasteiger partial charge in [-0.2, -0.15) is 0 Å². The Balaban J connectivity index is 2.41. The fourth-order valence-corrected chi connectivity index (χ4v) is 2.56. The Morgan fingerprint density at radius 1 is 1.00 bits per heavy atom. The molecule has 2 amide bonds. The van der Waals surface area contributed by atoms with Crippen molar-refractivity contribution in [2.24, 2.45) is 5.73 Å². The van der Waals surface area contributed by atoms with Crippen molar-refractivity contribution < 1.29 is 9.59 Å². The minimum atomic E-state index is -1.19. The van der Waals surface area contributed by atoms with Crippen LogP contribution in [0.5, 0.6) is 0 Å². The molecule has 4 heteroatoms. The van der Waals surface area contributed by atoms with E-state index < -0.39 is 11.4 Å². The molecule has 0 spiro atoms. The van der Waals surface area contributed by atoms with Crippen LogP contribution in [0, 0.1) is 0 Å². The monoisotopic (exact) mass is 296 g/mol. The number of carbonyl (C=O) groups is 2. The Morgan fingerprint density at radius 3 is 2.05 bits per heavy atom. The Morgan fingerprint density at radius 2 is 1.55 bits per heavy atom. The fraction of sp³-hybridized carbons (Fsp3) is 0.222. The van der Waals surface area contributed by atoms with Crippen molar-refractivity contribution in [2.75, 3.05) is 0 Å². The lowest BCUT2D eigenvalue weighted by molar-refractivity contribution is -0.124. The zero-order valence-electron chi connectivity index (χ0n) is 12.6. The second kappa shape index (κ2) is 6.89. The van der Waals surface area contributed by atoms with Gasteiger partial charge in [0.05, 0.1) is 0 Å². The molecule has 0 bridgehead atoms. The molecule has 0 saturated heterocycles. The lowest BCUT2D eigenvalue weighted by Crippen LogP contribution is -2.54. The highest BCUT2D eigenvalue weighted by molar-refractivity contribution is 5.99. The highest BCUT2D eigenvalue weighted by Gasteiger charge is 2.39. The van der Waals surface area contributed by atoms with E-state index in [9.17, 15) is 9.59 Å². The van der Waals surface area contributed by atoms with Crippen molar-refractivity contribution in [3.63, 3.8) is 0 Å². The lowest BCUT2D eigenvalue weighted by atomic mass is 9.84. The third-order valence-electron chi connectivity index (χ3n) is 3.68. The van der Waals surface area contributed by atoms with Crippen LogP contribution in [-0.2, 0) is 10.3 Å². The quantitative estimate of drug-likeness (QED) is 0.860. The van der Waals surface area contributed by atoms with E-state index >= 15 is 0 Å². The normalized spacial score (nSPS) is 13.1. The summed E-state index contributed by atoms with van der Waals surface area (Å²) in [6.07, 6.45) is 1.16. The summed E-state index contributed by atoms with van der Waals surface area (Å²) in [7, 11) is 0. The fourth-order valence-electron chi connectivity index (χ4n) is 2.56. The van der Waals surface area contributed by atoms with E-state index in [-0.39, 0.29) is 5.91 Å². The van der Waals surface area contributed by atoms with Crippen LogP contribution in [0.15, 0.2) is 60.7 Å². The van der Waals surface area contributed by atoms with Crippen molar-refractivity contribution in [1.82, 2.24) is 5.32 Å². The van der Waals surface area contributed by atoms with Gasteiger partial charge in [-0.3, -0.25) is 9.59 Å². The molecular formula is C18H20N2O2. The second-order valence-corrected chi connectivity index (χ2v) is 5.21. The predicted octanol–water partition coefficient (Wildman–Crippen LogP) is 2.60. The summed E-state index contributed by atoms with van der Waals surface area (Å²) in [4.78, 5) is 24.7. The smallest absolute Gasteiger partial charge is 0.252 e. The number of amides is 2. The molecule has 0 radical (unpaired) electrons. The molecule has 2 rings (SSSR count). The van der Waals surface area contributed by atoms with Crippen LogP contribution >= 0.6 is 0 Å². The number of carbonyl (C=O) groups excluding carboxylic acids is 2. The molecule has 1 atom stereocenters. The van der Waals surface area contributed by atoms with Gasteiger partial charge in [0.25, 0.3) is 5.91 Å². The molecular weight excluding hydrogens is 276 g/mol. The van der Waals surface area contributed by atoms with Gasteiger partial charge in [-0.25, -0.2) is 0 Å². The molecule has 4 nitrogen and oxygen atoms in total. The van der Waals surface area contributed by atoms with Crippen molar-refractivity contribution in [2.45, 2.75) is 25.3 Å². The summed E-state index contributed by atoms with van der Waals surface area (Å²) < 4.78 is 0. The number of nitrogens with one attached hydrogen (secondary N) is 1. The molecule has 1 unspecified atom stereocenters. The standard InChI is InChI=1S/C18H20N2O2/c1-2-13-18(17(19)22,15-11-7-4-8-12-15)20-16(21)14-9-5-3-6-10-14/h3-12H,2,13H2,1H3,(H2,19,22)(H,20,21). The number of hydrogen-bond acceptors (Lipinski definition) is 2. The van der Waals surface area contributed by atoms with Crippen LogP contribution in [0.3, 0.4) is 0 Å². The summed E-state index contributed by atoms with van der Waals surface area (Å²) in [5.74, 6) is -0.860. The predicted molar refractivity (Wildman–Crippen MR) is 86.1 cm³/mol. The van der Waals surface area contributed by atoms with Gasteiger partial charge in [0.15, 0.2) is 0 Å². The molecule has 0 saturated carbocycles. The lowest BCUT2D eigenvalue weighted by Gasteiger charge is -2.32. The Kier molecular flexibility index (Phi) is 4.94. The summed E-state index contributed by atoms with van der Waals surface area (Å²) in [5, 5.41) is 2.85. The molecule has 0 aliphatic heterocycles. The zero-order valence-corrected chi connectivity index (χ0v) is 12.6. The number of hydrogen-bond donors (Lipinski definition) is 2. The van der Waals surface area contributed by atoms with E-state index in [4.69, 9.17) is 5.73 Å². The number of benzene rings is 2. The van der Waals surface area contributed by atoms with Crippen molar-refractivity contribution >= 4 is 11.8 Å². The van der Waals surface area contributed by atoms with Gasteiger partial charge < -0.3 is 11.1 Å². The largest absolute Gasteiger partial charge is 0.367 e. The summed E-state index contributed by atoms with van der Waals surface area (Å²) in [6.45, 7) is 1.95. The molecule has 0 fully saturated rings. The molecule has 22 heavy (non-hydrogen) atoms. The first kappa shape index (κ1) is 15.8. The first-order chi connectivity index (χ1) is 10.6. The maximum atomic E-state index is 12.5. The number of rotatable bonds is 6. The van der Waals surface area contributed by atoms with E-state index in [1.54, 1.807) is 24.3 Å². The maximum absolute atomic E-state index is 12.5. The van der Waals surface area contributed by atoms with Crippen LogP contribution in [0.1, 0.15) is 35.7 Å². The minimum absolute atomic E-state index is 0.309. The average Bonchev–Trinajstić information content (AvgIpc) is 2.55. The number of nitrogens with two attached hydrogens (primary N) is 1. The van der Waals surface area contributed by atoms with Crippen LogP contribution in [0.25, 0.3) is 0 Å². The van der Waals surface area contributed by atoms with E-state index in [1.165, 1.54) is 0 Å². The highest BCUT2D eigenvalue weighted by Crippen LogP contribution is 2.27. The first-order valence-corrected chi connectivity index (χ1v) is 7.33. The van der Waals surface area contributed by atoms with Crippen LogP contribution in [0.2, 0.25) is 0 Å². The van der Waals surface area contributed by atoms with Crippen molar-refractivity contribution in [1.29, 1.82) is 0 Å². The molecule has 2 aromatic carbocycles. The molecule has 0 aromatic heterocycles. The molecule has 0 heterocycles. The van der Waals surface area contributed by atoms with E-state index in [0.717, 1.165) is 0 Å². The maximum Gasteiger partial charge on any atom is 0.252 e. The summed E-state index contributed by atoms with van der Waals surface area (Å²) in [6, 6.07) is 18.0. The molecule has 0 aliphatic rings. The Labute approximate surface area is 130 Å². The molecule has 3 N–H and O–H groups in total. The summed E-state index contributed by atoms with van der Waals surface area (Å²) in [5.41, 5.74) is 5.67. The van der Waals surface area contributed by atoms with Crippen LogP contribution < -0.4 is 11.1 Å². The third kappa shape index (κ3) is 3.17. The van der Waals surface area contributed by atoms with Gasteiger partial charge in [0, 0.05) is 5.56 Å². The zero-order chi connectivity index (χ0) is 16.0. The van der Waals surface area contributed by atoms with Gasteiger partial charge in [-0.1, -0.05) is 61.9 Å². The van der Waals surface area contributed by atoms with Gasteiger partial charge in [-0.15, -0.1) is 0 Å². The van der Waals surface area contributed by atoms with E-state index in [2.05, 4.69) is 5.32 Å². The highest BCUT2D eigenvalue weighted by atomic mass is 16.2. The van der Waals surface area contributed by atoms with E-state index in [0.29, 0.717) is 24.0 Å². The Hall–Kier alpha value is -2.62. The molecule has 2 aromatic rings. The van der Waals surface area contributed by atoms with Crippen molar-refractivity contribution in [3.8, 4) is 0 Å². The second-order valence-electron chi connectivity index (χ2n) is 5.21. The molecule has 0 aliphatic carbocycles. The average molecular weight is 296 g/mol. The summed E-state index contributed by atoms with van der Waals surface area (Å²) >= 11 is 0. The SMILES string of the molecule is CCCC(NC(=O)c1ccccc1)(C(N)=O)c1ccccc1. The third-order valence-corrected chi connectivity index (χ3v) is 3.68.